The first-order valence-electron chi connectivity index (χ1n) is 20.6. The number of allylic oxidation sites excluding steroid dienone is 8. The second-order valence-electron chi connectivity index (χ2n) is 15.6. The van der Waals surface area contributed by atoms with Gasteiger partial charge in [0.05, 0.1) is 0 Å². The first kappa shape index (κ1) is 34.7. The number of rotatable bonds is 7. The molecule has 0 radical (unpaired) electrons. The first-order chi connectivity index (χ1) is 29.3. The molecule has 59 heavy (non-hydrogen) atoms. The molecule has 0 saturated carbocycles. The van der Waals surface area contributed by atoms with E-state index in [0.29, 0.717) is 0 Å². The van der Waals surface area contributed by atoms with E-state index in [2.05, 4.69) is 242 Å². The summed E-state index contributed by atoms with van der Waals surface area (Å²) >= 11 is 0. The van der Waals surface area contributed by atoms with Crippen molar-refractivity contribution in [2.75, 3.05) is 4.90 Å². The van der Waals surface area contributed by atoms with Gasteiger partial charge in [-0.2, -0.15) is 0 Å². The molecule has 9 aromatic rings. The van der Waals surface area contributed by atoms with Crippen molar-refractivity contribution < 1.29 is 0 Å². The normalized spacial score (nSPS) is 15.9. The topological polar surface area (TPSA) is 3.24 Å². The average Bonchev–Trinajstić information content (AvgIpc) is 3.31. The van der Waals surface area contributed by atoms with Gasteiger partial charge in [-0.25, -0.2) is 0 Å². The molecule has 0 fully saturated rings. The van der Waals surface area contributed by atoms with Crippen molar-refractivity contribution in [3.63, 3.8) is 0 Å². The van der Waals surface area contributed by atoms with Crippen LogP contribution in [0.3, 0.4) is 0 Å². The lowest BCUT2D eigenvalue weighted by molar-refractivity contribution is 0.687. The number of nitrogens with zero attached hydrogens (tertiary/aromatic N) is 1. The Labute approximate surface area is 345 Å². The Morgan fingerprint density at radius 2 is 1.10 bits per heavy atom. The van der Waals surface area contributed by atoms with Crippen LogP contribution < -0.4 is 4.90 Å². The molecule has 2 unspecified atom stereocenters. The minimum atomic E-state index is 0.122. The average molecular weight is 752 g/mol. The highest BCUT2D eigenvalue weighted by Gasteiger charge is 2.33. The molecule has 0 aliphatic heterocycles. The third kappa shape index (κ3) is 6.29. The standard InChI is InChI=1S/C58H41N/c1-2-15-42(16-3-1)52-26-11-19-44-20-12-28-56(58(44)52)55-24-8-9-29-57(55)59(48-35-32-41(33-36-48)46-31-30-40-14-4-5-18-45(40)38-46)49-22-10-21-47(39-49)51-25-13-27-53-50-23-7-6-17-43(50)34-37-54(51)53/h1-39,56,58H. The fraction of sp³-hybridized carbons (Fsp3) is 0.0345. The van der Waals surface area contributed by atoms with Crippen LogP contribution in [0.1, 0.15) is 17.0 Å². The van der Waals surface area contributed by atoms with Gasteiger partial charge in [-0.15, -0.1) is 0 Å². The smallest absolute Gasteiger partial charge is 0.0499 e. The lowest BCUT2D eigenvalue weighted by atomic mass is 9.70. The Hall–Kier alpha value is -7.48. The highest BCUT2D eigenvalue weighted by atomic mass is 15.1. The maximum Gasteiger partial charge on any atom is 0.0499 e. The van der Waals surface area contributed by atoms with Crippen LogP contribution in [0.2, 0.25) is 0 Å². The van der Waals surface area contributed by atoms with E-state index in [1.54, 1.807) is 0 Å². The number of anilines is 3. The van der Waals surface area contributed by atoms with Gasteiger partial charge in [0.2, 0.25) is 0 Å². The molecule has 1 heteroatoms. The van der Waals surface area contributed by atoms with Crippen molar-refractivity contribution in [3.8, 4) is 22.3 Å². The molecular formula is C58H41N. The van der Waals surface area contributed by atoms with Crippen molar-refractivity contribution in [1.82, 2.24) is 0 Å². The van der Waals surface area contributed by atoms with Crippen molar-refractivity contribution in [3.05, 3.63) is 253 Å². The fourth-order valence-electron chi connectivity index (χ4n) is 9.47. The lowest BCUT2D eigenvalue weighted by Gasteiger charge is -2.36. The van der Waals surface area contributed by atoms with Gasteiger partial charge < -0.3 is 4.90 Å². The van der Waals surface area contributed by atoms with Crippen LogP contribution in [0.5, 0.6) is 0 Å². The van der Waals surface area contributed by atoms with Crippen LogP contribution >= 0.6 is 0 Å². The van der Waals surface area contributed by atoms with Gasteiger partial charge in [0, 0.05) is 28.9 Å². The fourth-order valence-corrected chi connectivity index (χ4v) is 9.47. The summed E-state index contributed by atoms with van der Waals surface area (Å²) in [6.45, 7) is 0. The summed E-state index contributed by atoms with van der Waals surface area (Å²) in [5.74, 6) is 0.305. The van der Waals surface area contributed by atoms with E-state index in [0.717, 1.165) is 11.4 Å². The lowest BCUT2D eigenvalue weighted by Crippen LogP contribution is -2.21. The van der Waals surface area contributed by atoms with Gasteiger partial charge in [0.15, 0.2) is 0 Å². The zero-order valence-corrected chi connectivity index (χ0v) is 32.6. The molecule has 0 N–H and O–H groups in total. The number of hydrogen-bond acceptors (Lipinski definition) is 1. The molecule has 1 nitrogen and oxygen atoms in total. The van der Waals surface area contributed by atoms with Crippen molar-refractivity contribution in [2.45, 2.75) is 5.92 Å². The van der Waals surface area contributed by atoms with Gasteiger partial charge in [0.25, 0.3) is 0 Å². The Bertz CT molecular complexity index is 3160. The van der Waals surface area contributed by atoms with Crippen LogP contribution in [0.15, 0.2) is 242 Å². The highest BCUT2D eigenvalue weighted by Crippen LogP contribution is 2.50. The Morgan fingerprint density at radius 1 is 0.390 bits per heavy atom. The van der Waals surface area contributed by atoms with E-state index in [1.165, 1.54) is 82.5 Å². The summed E-state index contributed by atoms with van der Waals surface area (Å²) in [5, 5.41) is 7.57. The first-order valence-corrected chi connectivity index (χ1v) is 20.6. The maximum atomic E-state index is 2.47. The molecular weight excluding hydrogens is 711 g/mol. The van der Waals surface area contributed by atoms with Crippen LogP contribution in [0.25, 0.3) is 60.1 Å². The summed E-state index contributed by atoms with van der Waals surface area (Å²) in [7, 11) is 0. The Balaban J connectivity index is 1.07. The maximum absolute atomic E-state index is 2.47. The molecule has 0 heterocycles. The summed E-state index contributed by atoms with van der Waals surface area (Å²) in [4.78, 5) is 2.47. The van der Waals surface area contributed by atoms with Crippen molar-refractivity contribution >= 4 is 55.0 Å². The number of benzene rings is 9. The zero-order valence-electron chi connectivity index (χ0n) is 32.6. The van der Waals surface area contributed by atoms with Crippen LogP contribution in [0.4, 0.5) is 17.1 Å². The summed E-state index contributed by atoms with van der Waals surface area (Å²) in [6.07, 6.45) is 13.7. The second-order valence-corrected chi connectivity index (χ2v) is 15.6. The molecule has 11 rings (SSSR count). The van der Waals surface area contributed by atoms with Gasteiger partial charge in [-0.05, 0) is 113 Å². The minimum Gasteiger partial charge on any atom is -0.310 e. The minimum absolute atomic E-state index is 0.122. The third-order valence-corrected chi connectivity index (χ3v) is 12.3. The quantitative estimate of drug-likeness (QED) is 0.147. The number of fused-ring (bicyclic) bond motifs is 5. The third-order valence-electron chi connectivity index (χ3n) is 12.3. The molecule has 2 aliphatic carbocycles. The van der Waals surface area contributed by atoms with E-state index in [4.69, 9.17) is 0 Å². The Kier molecular flexibility index (Phi) is 8.71. The van der Waals surface area contributed by atoms with E-state index in [-0.39, 0.29) is 11.8 Å². The predicted molar refractivity (Wildman–Crippen MR) is 252 cm³/mol. The van der Waals surface area contributed by atoms with E-state index < -0.39 is 0 Å². The predicted octanol–water partition coefficient (Wildman–Crippen LogP) is 15.8. The highest BCUT2D eigenvalue weighted by molar-refractivity contribution is 6.12. The van der Waals surface area contributed by atoms with Crippen LogP contribution in [-0.4, -0.2) is 0 Å². The summed E-state index contributed by atoms with van der Waals surface area (Å²) in [5.41, 5.74) is 13.5. The molecule has 0 saturated heterocycles. The molecule has 0 bridgehead atoms. The molecule has 0 aromatic heterocycles. The number of hydrogen-bond donors (Lipinski definition) is 0. The molecule has 2 atom stereocenters. The molecule has 9 aromatic carbocycles. The van der Waals surface area contributed by atoms with Gasteiger partial charge in [-0.3, -0.25) is 0 Å². The van der Waals surface area contributed by atoms with Gasteiger partial charge >= 0.3 is 0 Å². The largest absolute Gasteiger partial charge is 0.310 e. The summed E-state index contributed by atoms with van der Waals surface area (Å²) in [6, 6.07) is 73.4. The van der Waals surface area contributed by atoms with Gasteiger partial charge in [-0.1, -0.05) is 200 Å². The van der Waals surface area contributed by atoms with Crippen molar-refractivity contribution in [1.29, 1.82) is 0 Å². The summed E-state index contributed by atoms with van der Waals surface area (Å²) < 4.78 is 0. The Morgan fingerprint density at radius 3 is 2.00 bits per heavy atom. The van der Waals surface area contributed by atoms with Crippen LogP contribution in [0, 0.1) is 5.92 Å². The molecule has 0 amide bonds. The van der Waals surface area contributed by atoms with E-state index in [9.17, 15) is 0 Å². The number of para-hydroxylation sites is 1. The zero-order chi connectivity index (χ0) is 39.1. The van der Waals surface area contributed by atoms with Crippen LogP contribution in [-0.2, 0) is 0 Å². The molecule has 0 spiro atoms. The second kappa shape index (κ2) is 14.8. The SMILES string of the molecule is C1=CC2=CC=CC(c3ccccc3N(c3ccc(-c4ccc5ccccc5c4)cc3)c3cccc(-c4cccc5c4ccc4ccccc45)c3)C2C(c2ccccc2)=C1. The molecule has 278 valence electrons. The molecule has 2 aliphatic rings. The van der Waals surface area contributed by atoms with Crippen molar-refractivity contribution in [2.24, 2.45) is 5.92 Å². The van der Waals surface area contributed by atoms with E-state index >= 15 is 0 Å². The monoisotopic (exact) mass is 751 g/mol. The van der Waals surface area contributed by atoms with E-state index in [1.807, 2.05) is 0 Å². The van der Waals surface area contributed by atoms with Gasteiger partial charge in [0.1, 0.15) is 0 Å².